The van der Waals surface area contributed by atoms with Crippen molar-refractivity contribution in [2.75, 3.05) is 34.0 Å². The number of nitrogens with zero attached hydrogens (tertiary/aromatic N) is 1. The minimum absolute atomic E-state index is 0.374. The third-order valence-corrected chi connectivity index (χ3v) is 2.23. The van der Waals surface area contributed by atoms with Crippen molar-refractivity contribution in [3.05, 3.63) is 0 Å². The van der Waals surface area contributed by atoms with Crippen LogP contribution in [0.2, 0.25) is 0 Å². The van der Waals surface area contributed by atoms with Crippen LogP contribution in [-0.4, -0.2) is 44.7 Å². The highest BCUT2D eigenvalue weighted by Crippen LogP contribution is 2.03. The second-order valence-electron chi connectivity index (χ2n) is 3.84. The molecule has 1 aliphatic heterocycles. The fourth-order valence-corrected chi connectivity index (χ4v) is 1.42. The fourth-order valence-electron chi connectivity index (χ4n) is 1.42. The van der Waals surface area contributed by atoms with Gasteiger partial charge in [0.15, 0.2) is 0 Å². The van der Waals surface area contributed by atoms with E-state index in [0.29, 0.717) is 0 Å². The molecule has 0 aromatic rings. The molecule has 0 spiro atoms. The first kappa shape index (κ1) is 10.9. The molecule has 0 unspecified atom stereocenters. The summed E-state index contributed by atoms with van der Waals surface area (Å²) in [5, 5.41) is 9.54. The van der Waals surface area contributed by atoms with Crippen molar-refractivity contribution in [2.45, 2.75) is 18.6 Å². The molecule has 0 aromatic heterocycles. The van der Waals surface area contributed by atoms with E-state index in [0.717, 1.165) is 32.7 Å². The summed E-state index contributed by atoms with van der Waals surface area (Å²) in [5.74, 6) is -0.374. The van der Waals surface area contributed by atoms with E-state index in [1.165, 1.54) is 0 Å². The maximum Gasteiger partial charge on any atom is 0.122 e. The van der Waals surface area contributed by atoms with E-state index in [1.807, 2.05) is 0 Å². The van der Waals surface area contributed by atoms with Gasteiger partial charge in [0.2, 0.25) is 0 Å². The smallest absolute Gasteiger partial charge is 0.122 e. The zero-order chi connectivity index (χ0) is 9.73. The van der Waals surface area contributed by atoms with Gasteiger partial charge in [0.05, 0.1) is 0 Å². The Kier molecular flexibility index (Phi) is 4.08. The Labute approximate surface area is 80.0 Å². The highest BCUT2D eigenvalue weighted by Gasteiger charge is 2.24. The molecule has 0 saturated carbocycles. The molecule has 5 N–H and O–H groups in total. The Morgan fingerprint density at radius 2 is 1.92 bits per heavy atom. The maximum atomic E-state index is 6.06. The number of nitrogens with one attached hydrogen (secondary N) is 3. The number of hydrogen-bond donors (Lipinski definition) is 4. The van der Waals surface area contributed by atoms with E-state index in [2.05, 4.69) is 34.9 Å². The fraction of sp³-hybridized carbons (Fsp3) is 1.00. The highest BCUT2D eigenvalue weighted by atomic mass is 15.4. The first-order chi connectivity index (χ1) is 6.12. The predicted octanol–water partition coefficient (Wildman–Crippen LogP) is -1.36. The Hall–Kier alpha value is -0.200. The average Bonchev–Trinajstić information content (AvgIpc) is 2.04. The van der Waals surface area contributed by atoms with Gasteiger partial charge in [-0.2, -0.15) is 0 Å². The molecular formula is C8H21N5. The summed E-state index contributed by atoms with van der Waals surface area (Å²) >= 11 is 0. The molecule has 13 heavy (non-hydrogen) atoms. The minimum Gasteiger partial charge on any atom is -0.309 e. The van der Waals surface area contributed by atoms with Crippen molar-refractivity contribution in [2.24, 2.45) is 5.73 Å². The molecule has 0 amide bonds. The van der Waals surface area contributed by atoms with Crippen LogP contribution < -0.4 is 21.7 Å². The molecule has 1 aliphatic rings. The predicted molar refractivity (Wildman–Crippen MR) is 53.8 cm³/mol. The second-order valence-corrected chi connectivity index (χ2v) is 3.84. The SMILES string of the molecule is CN(C)CCCC1(N)NCNCN1. The van der Waals surface area contributed by atoms with Gasteiger partial charge in [-0.15, -0.1) is 0 Å². The minimum atomic E-state index is -0.374. The van der Waals surface area contributed by atoms with Crippen molar-refractivity contribution < 1.29 is 0 Å². The Balaban J connectivity index is 2.17. The van der Waals surface area contributed by atoms with Gasteiger partial charge in [-0.1, -0.05) is 0 Å². The first-order valence-corrected chi connectivity index (χ1v) is 4.77. The first-order valence-electron chi connectivity index (χ1n) is 4.77. The zero-order valence-corrected chi connectivity index (χ0v) is 8.56. The lowest BCUT2D eigenvalue weighted by atomic mass is 10.1. The monoisotopic (exact) mass is 187 g/mol. The maximum absolute atomic E-state index is 6.06. The Morgan fingerprint density at radius 3 is 2.46 bits per heavy atom. The van der Waals surface area contributed by atoms with Gasteiger partial charge in [0, 0.05) is 13.3 Å². The van der Waals surface area contributed by atoms with Crippen molar-refractivity contribution in [1.82, 2.24) is 20.9 Å². The van der Waals surface area contributed by atoms with Gasteiger partial charge >= 0.3 is 0 Å². The highest BCUT2D eigenvalue weighted by molar-refractivity contribution is 4.81. The average molecular weight is 187 g/mol. The largest absolute Gasteiger partial charge is 0.309 e. The van der Waals surface area contributed by atoms with Crippen LogP contribution in [0.1, 0.15) is 12.8 Å². The summed E-state index contributed by atoms with van der Waals surface area (Å²) < 4.78 is 0. The van der Waals surface area contributed by atoms with Crippen LogP contribution in [0.15, 0.2) is 0 Å². The summed E-state index contributed by atoms with van der Waals surface area (Å²) in [6.45, 7) is 2.65. The summed E-state index contributed by atoms with van der Waals surface area (Å²) in [4.78, 5) is 2.17. The van der Waals surface area contributed by atoms with Gasteiger partial charge in [0.1, 0.15) is 5.79 Å². The molecule has 5 nitrogen and oxygen atoms in total. The van der Waals surface area contributed by atoms with Crippen LogP contribution >= 0.6 is 0 Å². The van der Waals surface area contributed by atoms with Gasteiger partial charge < -0.3 is 10.6 Å². The van der Waals surface area contributed by atoms with Crippen LogP contribution in [-0.2, 0) is 0 Å². The van der Waals surface area contributed by atoms with Crippen LogP contribution in [0.3, 0.4) is 0 Å². The standard InChI is InChI=1S/C8H21N5/c1-13(2)5-3-4-8(9)11-6-10-7-12-8/h10-12H,3-7,9H2,1-2H3. The van der Waals surface area contributed by atoms with Crippen molar-refractivity contribution in [3.63, 3.8) is 0 Å². The van der Waals surface area contributed by atoms with E-state index in [4.69, 9.17) is 5.73 Å². The topological polar surface area (TPSA) is 65.3 Å². The number of nitrogens with two attached hydrogens (primary N) is 1. The molecule has 0 atom stereocenters. The van der Waals surface area contributed by atoms with E-state index in [1.54, 1.807) is 0 Å². The lowest BCUT2D eigenvalue weighted by molar-refractivity contribution is 0.184. The molecule has 1 saturated heterocycles. The van der Waals surface area contributed by atoms with Crippen LogP contribution in [0.4, 0.5) is 0 Å². The molecule has 0 radical (unpaired) electrons. The molecule has 1 fully saturated rings. The second kappa shape index (κ2) is 4.88. The zero-order valence-electron chi connectivity index (χ0n) is 8.56. The van der Waals surface area contributed by atoms with Gasteiger partial charge in [-0.05, 0) is 33.5 Å². The van der Waals surface area contributed by atoms with Crippen molar-refractivity contribution >= 4 is 0 Å². The van der Waals surface area contributed by atoms with Gasteiger partial charge in [-0.3, -0.25) is 16.0 Å². The van der Waals surface area contributed by atoms with Crippen LogP contribution in [0.5, 0.6) is 0 Å². The Morgan fingerprint density at radius 1 is 1.31 bits per heavy atom. The van der Waals surface area contributed by atoms with Crippen molar-refractivity contribution in [3.8, 4) is 0 Å². The molecule has 0 aliphatic carbocycles. The van der Waals surface area contributed by atoms with Gasteiger partial charge in [-0.25, -0.2) is 0 Å². The number of rotatable bonds is 4. The van der Waals surface area contributed by atoms with E-state index < -0.39 is 0 Å². The molecule has 1 rings (SSSR count). The third-order valence-electron chi connectivity index (χ3n) is 2.23. The van der Waals surface area contributed by atoms with Crippen LogP contribution in [0.25, 0.3) is 0 Å². The quantitative estimate of drug-likeness (QED) is 0.438. The number of hydrogen-bond acceptors (Lipinski definition) is 5. The summed E-state index contributed by atoms with van der Waals surface area (Å²) in [7, 11) is 4.15. The summed E-state index contributed by atoms with van der Waals surface area (Å²) in [6, 6.07) is 0. The lowest BCUT2D eigenvalue weighted by Gasteiger charge is -2.36. The van der Waals surface area contributed by atoms with Gasteiger partial charge in [0.25, 0.3) is 0 Å². The molecule has 5 heteroatoms. The summed E-state index contributed by atoms with van der Waals surface area (Å²) in [5.41, 5.74) is 6.06. The lowest BCUT2D eigenvalue weighted by Crippen LogP contribution is -2.71. The van der Waals surface area contributed by atoms with E-state index in [9.17, 15) is 0 Å². The molecule has 1 heterocycles. The summed E-state index contributed by atoms with van der Waals surface area (Å²) in [6.07, 6.45) is 2.05. The van der Waals surface area contributed by atoms with Crippen LogP contribution in [0, 0.1) is 0 Å². The molecule has 0 bridgehead atoms. The Bertz CT molecular complexity index is 141. The molecule has 78 valence electrons. The van der Waals surface area contributed by atoms with E-state index >= 15 is 0 Å². The normalized spacial score (nSPS) is 22.2. The molecular weight excluding hydrogens is 166 g/mol. The van der Waals surface area contributed by atoms with Crippen molar-refractivity contribution in [1.29, 1.82) is 0 Å². The third kappa shape index (κ3) is 4.02. The van der Waals surface area contributed by atoms with E-state index in [-0.39, 0.29) is 5.79 Å². The molecule has 0 aromatic carbocycles.